The quantitative estimate of drug-likeness (QED) is 0.690. The van der Waals surface area contributed by atoms with Gasteiger partial charge in [0.25, 0.3) is 0 Å². The minimum absolute atomic E-state index is 0.460. The molecular weight excluding hydrogens is 148 g/mol. The van der Waals surface area contributed by atoms with Crippen LogP contribution >= 0.6 is 0 Å². The van der Waals surface area contributed by atoms with E-state index in [1.54, 1.807) is 0 Å². The van der Waals surface area contributed by atoms with Crippen molar-refractivity contribution in [2.45, 2.75) is 38.1 Å². The monoisotopic (exact) mass is 170 g/mol. The maximum atomic E-state index is 3.51. The van der Waals surface area contributed by atoms with Crippen LogP contribution < -0.4 is 5.32 Å². The van der Waals surface area contributed by atoms with Crippen molar-refractivity contribution in [2.24, 2.45) is 0 Å². The zero-order valence-electron chi connectivity index (χ0n) is 8.69. The summed E-state index contributed by atoms with van der Waals surface area (Å²) in [5.74, 6) is 0. The van der Waals surface area contributed by atoms with Crippen LogP contribution in [0.2, 0.25) is 0 Å². The Hall–Kier alpha value is -0.0800. The molecule has 0 spiro atoms. The van der Waals surface area contributed by atoms with E-state index in [1.165, 1.54) is 38.8 Å². The Morgan fingerprint density at radius 1 is 1.33 bits per heavy atom. The standard InChI is InChI=1S/C10H22N2/c1-4-5-10(11-2)6-8-12(3)9-7-10/h11H,4-9H2,1-3H3. The second-order valence-corrected chi connectivity index (χ2v) is 4.08. The third kappa shape index (κ3) is 2.20. The molecule has 0 aromatic carbocycles. The summed E-state index contributed by atoms with van der Waals surface area (Å²) < 4.78 is 0. The Labute approximate surface area is 76.3 Å². The lowest BCUT2D eigenvalue weighted by Gasteiger charge is -2.40. The van der Waals surface area contributed by atoms with Crippen molar-refractivity contribution in [3.05, 3.63) is 0 Å². The second-order valence-electron chi connectivity index (χ2n) is 4.08. The Morgan fingerprint density at radius 3 is 2.33 bits per heavy atom. The van der Waals surface area contributed by atoms with Crippen LogP contribution in [-0.4, -0.2) is 37.6 Å². The highest BCUT2D eigenvalue weighted by Gasteiger charge is 2.30. The first kappa shape index (κ1) is 10.0. The Balaban J connectivity index is 2.45. The van der Waals surface area contributed by atoms with Crippen molar-refractivity contribution >= 4 is 0 Å². The number of piperidine rings is 1. The molecule has 0 radical (unpaired) electrons. The summed E-state index contributed by atoms with van der Waals surface area (Å²) in [5, 5.41) is 3.51. The first-order valence-corrected chi connectivity index (χ1v) is 5.10. The molecule has 1 fully saturated rings. The maximum Gasteiger partial charge on any atom is 0.0202 e. The van der Waals surface area contributed by atoms with Crippen molar-refractivity contribution < 1.29 is 0 Å². The molecule has 12 heavy (non-hydrogen) atoms. The van der Waals surface area contributed by atoms with Crippen molar-refractivity contribution in [3.63, 3.8) is 0 Å². The minimum Gasteiger partial charge on any atom is -0.314 e. The van der Waals surface area contributed by atoms with Crippen LogP contribution in [0.1, 0.15) is 32.6 Å². The molecule has 0 amide bonds. The first-order chi connectivity index (χ1) is 5.72. The van der Waals surface area contributed by atoms with E-state index in [0.717, 1.165) is 0 Å². The van der Waals surface area contributed by atoms with Gasteiger partial charge in [0.05, 0.1) is 0 Å². The summed E-state index contributed by atoms with van der Waals surface area (Å²) in [6.07, 6.45) is 5.25. The van der Waals surface area contributed by atoms with Gasteiger partial charge in [-0.2, -0.15) is 0 Å². The molecule has 1 N–H and O–H groups in total. The largest absolute Gasteiger partial charge is 0.314 e. The second kappa shape index (κ2) is 4.24. The Bertz CT molecular complexity index is 126. The molecule has 0 aliphatic carbocycles. The summed E-state index contributed by atoms with van der Waals surface area (Å²) in [4.78, 5) is 2.42. The smallest absolute Gasteiger partial charge is 0.0202 e. The van der Waals surface area contributed by atoms with E-state index >= 15 is 0 Å². The van der Waals surface area contributed by atoms with Crippen LogP contribution in [0, 0.1) is 0 Å². The van der Waals surface area contributed by atoms with Gasteiger partial charge < -0.3 is 10.2 Å². The van der Waals surface area contributed by atoms with Crippen molar-refractivity contribution in [1.82, 2.24) is 10.2 Å². The molecule has 1 rings (SSSR count). The van der Waals surface area contributed by atoms with E-state index < -0.39 is 0 Å². The molecule has 1 heterocycles. The molecule has 0 atom stereocenters. The van der Waals surface area contributed by atoms with Crippen LogP contribution in [0.25, 0.3) is 0 Å². The fourth-order valence-electron chi connectivity index (χ4n) is 2.15. The lowest BCUT2D eigenvalue weighted by molar-refractivity contribution is 0.155. The van der Waals surface area contributed by atoms with Gasteiger partial charge in [0, 0.05) is 5.54 Å². The third-order valence-electron chi connectivity index (χ3n) is 3.20. The first-order valence-electron chi connectivity index (χ1n) is 5.10. The molecule has 0 saturated carbocycles. The number of rotatable bonds is 3. The maximum absolute atomic E-state index is 3.51. The Morgan fingerprint density at radius 2 is 1.92 bits per heavy atom. The molecule has 0 aromatic rings. The summed E-state index contributed by atoms with van der Waals surface area (Å²) in [6, 6.07) is 0. The summed E-state index contributed by atoms with van der Waals surface area (Å²) in [7, 11) is 4.33. The SMILES string of the molecule is CCCC1(NC)CCN(C)CC1. The van der Waals surface area contributed by atoms with Gasteiger partial charge in [-0.25, -0.2) is 0 Å². The summed E-state index contributed by atoms with van der Waals surface area (Å²) in [5.41, 5.74) is 0.460. The molecule has 72 valence electrons. The number of nitrogens with one attached hydrogen (secondary N) is 1. The predicted octanol–water partition coefficient (Wildman–Crippen LogP) is 1.47. The van der Waals surface area contributed by atoms with Crippen LogP contribution in [-0.2, 0) is 0 Å². The molecule has 0 aromatic heterocycles. The summed E-state index contributed by atoms with van der Waals surface area (Å²) in [6.45, 7) is 4.78. The molecule has 1 aliphatic rings. The van der Waals surface area contributed by atoms with Gasteiger partial charge in [0.2, 0.25) is 0 Å². The van der Waals surface area contributed by atoms with Crippen molar-refractivity contribution in [2.75, 3.05) is 27.2 Å². The van der Waals surface area contributed by atoms with Crippen molar-refractivity contribution in [1.29, 1.82) is 0 Å². The molecule has 2 nitrogen and oxygen atoms in total. The lowest BCUT2D eigenvalue weighted by Crippen LogP contribution is -2.51. The normalized spacial score (nSPS) is 24.2. The zero-order valence-corrected chi connectivity index (χ0v) is 8.69. The fraction of sp³-hybridized carbons (Fsp3) is 1.00. The zero-order chi connectivity index (χ0) is 9.03. The van der Waals surface area contributed by atoms with Crippen LogP contribution in [0.4, 0.5) is 0 Å². The molecular formula is C10H22N2. The number of hydrogen-bond acceptors (Lipinski definition) is 2. The highest BCUT2D eigenvalue weighted by atomic mass is 15.1. The highest BCUT2D eigenvalue weighted by Crippen LogP contribution is 2.25. The van der Waals surface area contributed by atoms with E-state index in [1.807, 2.05) is 0 Å². The van der Waals surface area contributed by atoms with Crippen LogP contribution in [0.15, 0.2) is 0 Å². The molecule has 0 unspecified atom stereocenters. The van der Waals surface area contributed by atoms with E-state index in [0.29, 0.717) is 5.54 Å². The van der Waals surface area contributed by atoms with E-state index in [9.17, 15) is 0 Å². The fourth-order valence-corrected chi connectivity index (χ4v) is 2.15. The number of nitrogens with zero attached hydrogens (tertiary/aromatic N) is 1. The minimum atomic E-state index is 0.460. The van der Waals surface area contributed by atoms with E-state index in [2.05, 4.69) is 31.2 Å². The lowest BCUT2D eigenvalue weighted by atomic mass is 9.84. The van der Waals surface area contributed by atoms with Gasteiger partial charge in [-0.05, 0) is 46.4 Å². The van der Waals surface area contributed by atoms with Gasteiger partial charge >= 0.3 is 0 Å². The average Bonchev–Trinajstić information content (AvgIpc) is 2.10. The molecule has 1 saturated heterocycles. The van der Waals surface area contributed by atoms with Crippen LogP contribution in [0.5, 0.6) is 0 Å². The Kier molecular flexibility index (Phi) is 3.53. The van der Waals surface area contributed by atoms with Crippen molar-refractivity contribution in [3.8, 4) is 0 Å². The average molecular weight is 170 g/mol. The van der Waals surface area contributed by atoms with Crippen LogP contribution in [0.3, 0.4) is 0 Å². The van der Waals surface area contributed by atoms with E-state index in [4.69, 9.17) is 0 Å². The molecule has 1 aliphatic heterocycles. The van der Waals surface area contributed by atoms with Gasteiger partial charge in [-0.15, -0.1) is 0 Å². The van der Waals surface area contributed by atoms with Gasteiger partial charge in [-0.1, -0.05) is 13.3 Å². The van der Waals surface area contributed by atoms with Gasteiger partial charge in [-0.3, -0.25) is 0 Å². The molecule has 2 heteroatoms. The number of likely N-dealkylation sites (tertiary alicyclic amines) is 1. The third-order valence-corrected chi connectivity index (χ3v) is 3.20. The van der Waals surface area contributed by atoms with Gasteiger partial charge in [0.15, 0.2) is 0 Å². The van der Waals surface area contributed by atoms with Gasteiger partial charge in [0.1, 0.15) is 0 Å². The predicted molar refractivity (Wildman–Crippen MR) is 53.4 cm³/mol. The number of hydrogen-bond donors (Lipinski definition) is 1. The molecule has 0 bridgehead atoms. The summed E-state index contributed by atoms with van der Waals surface area (Å²) >= 11 is 0. The van der Waals surface area contributed by atoms with E-state index in [-0.39, 0.29) is 0 Å². The topological polar surface area (TPSA) is 15.3 Å². The highest BCUT2D eigenvalue weighted by molar-refractivity contribution is 4.91.